The highest BCUT2D eigenvalue weighted by molar-refractivity contribution is 9.09. The van der Waals surface area contributed by atoms with E-state index in [4.69, 9.17) is 0 Å². The van der Waals surface area contributed by atoms with Gasteiger partial charge in [0.2, 0.25) is 0 Å². The molecule has 2 rings (SSSR count). The molecule has 0 N–H and O–H groups in total. The predicted octanol–water partition coefficient (Wildman–Crippen LogP) is 5.18. The van der Waals surface area contributed by atoms with E-state index in [2.05, 4.69) is 28.1 Å². The number of hydrogen-bond acceptors (Lipinski definition) is 1. The second-order valence-corrected chi connectivity index (χ2v) is 5.66. The van der Waals surface area contributed by atoms with Crippen LogP contribution in [0.2, 0.25) is 0 Å². The Balaban J connectivity index is 1.79. The fourth-order valence-electron chi connectivity index (χ4n) is 2.04. The van der Waals surface area contributed by atoms with E-state index in [0.717, 1.165) is 18.4 Å². The van der Waals surface area contributed by atoms with E-state index in [1.54, 1.807) is 0 Å². The largest absolute Gasteiger partial charge is 0.294 e. The molecule has 2 aromatic carbocycles. The maximum atomic E-state index is 11.9. The van der Waals surface area contributed by atoms with Crippen LogP contribution in [0.25, 0.3) is 0 Å². The van der Waals surface area contributed by atoms with E-state index in [1.807, 2.05) is 48.5 Å². The van der Waals surface area contributed by atoms with E-state index in [9.17, 15) is 4.79 Å². The van der Waals surface area contributed by atoms with Gasteiger partial charge in [0.05, 0.1) is 0 Å². The molecule has 0 aromatic heterocycles. The molecule has 0 bridgehead atoms. The topological polar surface area (TPSA) is 17.1 Å². The van der Waals surface area contributed by atoms with Crippen molar-refractivity contribution < 1.29 is 4.79 Å². The Morgan fingerprint density at radius 3 is 2.16 bits per heavy atom. The molecule has 1 nitrogen and oxygen atoms in total. The van der Waals surface area contributed by atoms with Crippen LogP contribution in [0.15, 0.2) is 60.7 Å². The van der Waals surface area contributed by atoms with E-state index in [-0.39, 0.29) is 5.78 Å². The lowest BCUT2D eigenvalue weighted by Crippen LogP contribution is -1.99. The summed E-state index contributed by atoms with van der Waals surface area (Å²) >= 11 is 3.68. The summed E-state index contributed by atoms with van der Waals surface area (Å²) in [5, 5.41) is 0. The van der Waals surface area contributed by atoms with Gasteiger partial charge in [0.1, 0.15) is 0 Å². The summed E-state index contributed by atoms with van der Waals surface area (Å²) in [5.41, 5.74) is 2.09. The van der Waals surface area contributed by atoms with E-state index < -0.39 is 0 Å². The maximum Gasteiger partial charge on any atom is 0.162 e. The van der Waals surface area contributed by atoms with Gasteiger partial charge < -0.3 is 0 Å². The lowest BCUT2D eigenvalue weighted by Gasteiger charge is -2.09. The first-order valence-electron chi connectivity index (χ1n) is 6.54. The minimum Gasteiger partial charge on any atom is -0.294 e. The normalized spacial score (nSPS) is 12.1. The molecule has 98 valence electrons. The molecule has 0 saturated carbocycles. The first-order valence-corrected chi connectivity index (χ1v) is 7.46. The summed E-state index contributed by atoms with van der Waals surface area (Å²) in [4.78, 5) is 12.3. The second kappa shape index (κ2) is 7.25. The number of hydrogen-bond donors (Lipinski definition) is 0. The molecule has 0 heterocycles. The average molecular weight is 317 g/mol. The Bertz CT molecular complexity index is 507. The molecular formula is C17H17BrO. The first kappa shape index (κ1) is 14.0. The molecule has 2 aromatic rings. The number of alkyl halides is 1. The monoisotopic (exact) mass is 316 g/mol. The smallest absolute Gasteiger partial charge is 0.162 e. The Morgan fingerprint density at radius 1 is 0.947 bits per heavy atom. The summed E-state index contributed by atoms with van der Waals surface area (Å²) in [6.45, 7) is 0. The van der Waals surface area contributed by atoms with Gasteiger partial charge in [0, 0.05) is 16.8 Å². The van der Waals surface area contributed by atoms with Crippen molar-refractivity contribution in [1.82, 2.24) is 0 Å². The highest BCUT2D eigenvalue weighted by Crippen LogP contribution is 2.28. The number of Topliss-reactive ketones (excluding diaryl/α,β-unsaturated/α-hetero) is 1. The van der Waals surface area contributed by atoms with Crippen LogP contribution in [-0.4, -0.2) is 5.78 Å². The number of carbonyl (C=O) groups excluding carboxylic acids is 1. The molecule has 0 spiro atoms. The van der Waals surface area contributed by atoms with Gasteiger partial charge in [0.15, 0.2) is 5.78 Å². The van der Waals surface area contributed by atoms with Crippen LogP contribution in [-0.2, 0) is 0 Å². The minimum atomic E-state index is 0.230. The van der Waals surface area contributed by atoms with Crippen LogP contribution in [0.5, 0.6) is 0 Å². The van der Waals surface area contributed by atoms with Crippen molar-refractivity contribution in [1.29, 1.82) is 0 Å². The maximum absolute atomic E-state index is 11.9. The molecule has 0 unspecified atom stereocenters. The zero-order valence-corrected chi connectivity index (χ0v) is 12.3. The van der Waals surface area contributed by atoms with Gasteiger partial charge in [-0.05, 0) is 18.4 Å². The number of carbonyl (C=O) groups is 1. The van der Waals surface area contributed by atoms with Gasteiger partial charge >= 0.3 is 0 Å². The molecule has 1 atom stereocenters. The molecule has 0 aliphatic rings. The standard InChI is InChI=1S/C17H17BrO/c18-16(14-8-3-1-4-9-14)12-7-13-17(19)15-10-5-2-6-11-15/h1-6,8-11,16H,7,12-13H2/t16-/m1/s1. The van der Waals surface area contributed by atoms with Gasteiger partial charge in [-0.2, -0.15) is 0 Å². The Kier molecular flexibility index (Phi) is 5.34. The Labute approximate surface area is 122 Å². The van der Waals surface area contributed by atoms with Gasteiger partial charge in [-0.15, -0.1) is 0 Å². The van der Waals surface area contributed by atoms with Crippen LogP contribution < -0.4 is 0 Å². The average Bonchev–Trinajstić information content (AvgIpc) is 2.49. The van der Waals surface area contributed by atoms with Crippen LogP contribution >= 0.6 is 15.9 Å². The van der Waals surface area contributed by atoms with Crippen LogP contribution in [0.4, 0.5) is 0 Å². The molecule has 0 fully saturated rings. The third kappa shape index (κ3) is 4.32. The van der Waals surface area contributed by atoms with Crippen LogP contribution in [0.1, 0.15) is 40.0 Å². The van der Waals surface area contributed by atoms with Gasteiger partial charge in [-0.1, -0.05) is 76.6 Å². The quantitative estimate of drug-likeness (QED) is 0.530. The summed E-state index contributed by atoms with van der Waals surface area (Å²) in [7, 11) is 0. The lowest BCUT2D eigenvalue weighted by molar-refractivity contribution is 0.0979. The molecule has 19 heavy (non-hydrogen) atoms. The van der Waals surface area contributed by atoms with Crippen molar-refractivity contribution in [3.8, 4) is 0 Å². The number of ketones is 1. The molecule has 0 aliphatic carbocycles. The summed E-state index contributed by atoms with van der Waals surface area (Å²) < 4.78 is 0. The number of benzene rings is 2. The van der Waals surface area contributed by atoms with Crippen LogP contribution in [0.3, 0.4) is 0 Å². The molecule has 0 aliphatic heterocycles. The van der Waals surface area contributed by atoms with Crippen LogP contribution in [0, 0.1) is 0 Å². The minimum absolute atomic E-state index is 0.230. The molecular weight excluding hydrogens is 300 g/mol. The summed E-state index contributed by atoms with van der Waals surface area (Å²) in [5.74, 6) is 0.230. The molecule has 0 radical (unpaired) electrons. The second-order valence-electron chi connectivity index (χ2n) is 4.56. The van der Waals surface area contributed by atoms with Crippen molar-refractivity contribution >= 4 is 21.7 Å². The lowest BCUT2D eigenvalue weighted by atomic mass is 10.0. The number of rotatable bonds is 6. The highest BCUT2D eigenvalue weighted by atomic mass is 79.9. The third-order valence-electron chi connectivity index (χ3n) is 3.12. The summed E-state index contributed by atoms with van der Waals surface area (Å²) in [6.07, 6.45) is 2.49. The third-order valence-corrected chi connectivity index (χ3v) is 4.10. The van der Waals surface area contributed by atoms with E-state index in [1.165, 1.54) is 5.56 Å². The van der Waals surface area contributed by atoms with Crippen molar-refractivity contribution in [3.05, 3.63) is 71.8 Å². The van der Waals surface area contributed by atoms with Crippen molar-refractivity contribution in [2.45, 2.75) is 24.1 Å². The highest BCUT2D eigenvalue weighted by Gasteiger charge is 2.09. The van der Waals surface area contributed by atoms with E-state index >= 15 is 0 Å². The van der Waals surface area contributed by atoms with Gasteiger partial charge in [-0.3, -0.25) is 4.79 Å². The molecule has 0 amide bonds. The van der Waals surface area contributed by atoms with Crippen molar-refractivity contribution in [3.63, 3.8) is 0 Å². The Morgan fingerprint density at radius 2 is 1.53 bits per heavy atom. The zero-order valence-electron chi connectivity index (χ0n) is 10.8. The van der Waals surface area contributed by atoms with Crippen molar-refractivity contribution in [2.75, 3.05) is 0 Å². The fraction of sp³-hybridized carbons (Fsp3) is 0.235. The van der Waals surface area contributed by atoms with Gasteiger partial charge in [-0.25, -0.2) is 0 Å². The first-order chi connectivity index (χ1) is 9.27. The van der Waals surface area contributed by atoms with Crippen molar-refractivity contribution in [2.24, 2.45) is 0 Å². The molecule has 2 heteroatoms. The Hall–Kier alpha value is -1.41. The molecule has 0 saturated heterocycles. The van der Waals surface area contributed by atoms with Gasteiger partial charge in [0.25, 0.3) is 0 Å². The fourth-order valence-corrected chi connectivity index (χ4v) is 2.67. The zero-order chi connectivity index (χ0) is 13.5. The SMILES string of the molecule is O=C(CCC[C@@H](Br)c1ccccc1)c1ccccc1. The van der Waals surface area contributed by atoms with E-state index in [0.29, 0.717) is 11.2 Å². The predicted molar refractivity (Wildman–Crippen MR) is 82.7 cm³/mol. The number of halogens is 1. The summed E-state index contributed by atoms with van der Waals surface area (Å²) in [6, 6.07) is 19.8.